The van der Waals surface area contributed by atoms with Gasteiger partial charge in [-0.25, -0.2) is 4.79 Å². The van der Waals surface area contributed by atoms with Gasteiger partial charge in [0.05, 0.1) is 5.94 Å². The van der Waals surface area contributed by atoms with Crippen LogP contribution in [0, 0.1) is 11.5 Å². The van der Waals surface area contributed by atoms with Crippen LogP contribution in [0.15, 0.2) is 60.7 Å². The van der Waals surface area contributed by atoms with Crippen molar-refractivity contribution in [1.29, 1.82) is 0 Å². The van der Waals surface area contributed by atoms with E-state index >= 15 is 0 Å². The number of benzene rings is 2. The van der Waals surface area contributed by atoms with Gasteiger partial charge in [0.15, 0.2) is 12.8 Å². The molecule has 5 rings (SSSR count). The van der Waals surface area contributed by atoms with Gasteiger partial charge >= 0.3 is 6.09 Å². The average Bonchev–Trinajstić information content (AvgIpc) is 3.16. The standard InChI is InChI=1S/C29H36BNO2Si/c1-34(2,3)21-20-26(30-24-16-10-17-25(30)19-11-18-24)31-27(22-12-6-4-7-13-22)28(33-29(31)32)23-14-8-5-9-15-23/h4-9,12-15,24-28H,10-11,16-19H2,1-3H3/t24?,25?,26?,27-,28+/m0/s1. The van der Waals surface area contributed by atoms with Gasteiger partial charge in [0.1, 0.15) is 14.1 Å². The fraction of sp³-hybridized carbons (Fsp3) is 0.483. The summed E-state index contributed by atoms with van der Waals surface area (Å²) in [5, 5.41) is 0. The highest BCUT2D eigenvalue weighted by Crippen LogP contribution is 2.51. The quantitative estimate of drug-likeness (QED) is 0.347. The summed E-state index contributed by atoms with van der Waals surface area (Å²) >= 11 is 0. The summed E-state index contributed by atoms with van der Waals surface area (Å²) in [6.45, 7) is 7.33. The van der Waals surface area contributed by atoms with Crippen molar-refractivity contribution in [3.63, 3.8) is 0 Å². The lowest BCUT2D eigenvalue weighted by atomic mass is 9.24. The molecule has 1 amide bonds. The number of carbonyl (C=O) groups is 1. The molecule has 0 saturated carbocycles. The fourth-order valence-electron chi connectivity index (χ4n) is 6.54. The average molecular weight is 470 g/mol. The van der Waals surface area contributed by atoms with E-state index in [0.29, 0.717) is 18.3 Å². The van der Waals surface area contributed by atoms with Crippen molar-refractivity contribution < 1.29 is 9.53 Å². The van der Waals surface area contributed by atoms with Crippen molar-refractivity contribution in [2.75, 3.05) is 0 Å². The van der Waals surface area contributed by atoms with Crippen LogP contribution in [0.3, 0.4) is 0 Å². The Kier molecular flexibility index (Phi) is 6.62. The summed E-state index contributed by atoms with van der Waals surface area (Å²) in [5.41, 5.74) is 5.85. The van der Waals surface area contributed by atoms with E-state index in [9.17, 15) is 4.79 Å². The number of hydrogen-bond acceptors (Lipinski definition) is 2. The Balaban J connectivity index is 1.62. The van der Waals surface area contributed by atoms with Gasteiger partial charge in [0.25, 0.3) is 0 Å². The van der Waals surface area contributed by atoms with E-state index in [0.717, 1.165) is 11.1 Å². The molecule has 176 valence electrons. The zero-order valence-corrected chi connectivity index (χ0v) is 21.7. The third-order valence-corrected chi connectivity index (χ3v) is 8.84. The summed E-state index contributed by atoms with van der Waals surface area (Å²) in [7, 11) is -1.61. The number of carbonyl (C=O) groups excluding carboxylic acids is 1. The largest absolute Gasteiger partial charge is 0.439 e. The van der Waals surface area contributed by atoms with E-state index in [4.69, 9.17) is 4.74 Å². The Hall–Kier alpha value is -2.45. The lowest BCUT2D eigenvalue weighted by Gasteiger charge is -2.45. The van der Waals surface area contributed by atoms with Crippen molar-refractivity contribution in [3.05, 3.63) is 71.8 Å². The number of amides is 1. The van der Waals surface area contributed by atoms with Crippen molar-refractivity contribution in [2.24, 2.45) is 0 Å². The van der Waals surface area contributed by atoms with Gasteiger partial charge in [-0.05, 0) is 11.1 Å². The third-order valence-electron chi connectivity index (χ3n) is 7.94. The second-order valence-electron chi connectivity index (χ2n) is 11.4. The van der Waals surface area contributed by atoms with Crippen LogP contribution < -0.4 is 0 Å². The highest BCUT2D eigenvalue weighted by Gasteiger charge is 2.53. The Labute approximate surface area is 206 Å². The molecule has 3 aliphatic heterocycles. The van der Waals surface area contributed by atoms with Crippen LogP contribution in [-0.2, 0) is 4.74 Å². The first kappa shape index (κ1) is 23.3. The first-order valence-electron chi connectivity index (χ1n) is 13.0. The maximum atomic E-state index is 13.7. The number of nitrogens with zero attached hydrogens (tertiary/aromatic N) is 1. The first-order valence-corrected chi connectivity index (χ1v) is 16.5. The Morgan fingerprint density at radius 3 is 1.94 bits per heavy atom. The van der Waals surface area contributed by atoms with Gasteiger partial charge in [0.2, 0.25) is 0 Å². The molecule has 2 aromatic carbocycles. The summed E-state index contributed by atoms with van der Waals surface area (Å²) in [6, 6.07) is 20.5. The molecule has 0 aliphatic carbocycles. The van der Waals surface area contributed by atoms with Crippen molar-refractivity contribution >= 4 is 20.9 Å². The predicted molar refractivity (Wildman–Crippen MR) is 143 cm³/mol. The minimum absolute atomic E-state index is 0.0891. The molecule has 0 N–H and O–H groups in total. The molecule has 5 heteroatoms. The third kappa shape index (κ3) is 4.71. The summed E-state index contributed by atoms with van der Waals surface area (Å²) in [4.78, 5) is 15.8. The maximum absolute atomic E-state index is 13.7. The number of rotatable bonds is 4. The number of ether oxygens (including phenoxy) is 1. The Morgan fingerprint density at radius 2 is 1.41 bits per heavy atom. The van der Waals surface area contributed by atoms with Gasteiger partial charge < -0.3 is 4.74 Å². The van der Waals surface area contributed by atoms with Crippen LogP contribution in [0.4, 0.5) is 4.79 Å². The summed E-state index contributed by atoms with van der Waals surface area (Å²) in [6.07, 6.45) is 7.19. The fourth-order valence-corrected chi connectivity index (χ4v) is 7.12. The molecule has 1 unspecified atom stereocenters. The van der Waals surface area contributed by atoms with E-state index in [1.165, 1.54) is 38.5 Å². The van der Waals surface area contributed by atoms with Gasteiger partial charge in [-0.15, -0.1) is 5.54 Å². The SMILES string of the molecule is C[Si](C)(C)C#CC(B1C2CCCC1CCC2)N1C(=O)O[C@H](c2ccccc2)[C@@H]1c1ccccc1. The van der Waals surface area contributed by atoms with Crippen LogP contribution in [0.25, 0.3) is 0 Å². The van der Waals surface area contributed by atoms with E-state index < -0.39 is 8.07 Å². The van der Waals surface area contributed by atoms with E-state index in [1.807, 2.05) is 24.3 Å². The van der Waals surface area contributed by atoms with Crippen LogP contribution in [0.5, 0.6) is 0 Å². The summed E-state index contributed by atoms with van der Waals surface area (Å²) < 4.78 is 6.18. The smallest absolute Gasteiger partial charge is 0.411 e. The van der Waals surface area contributed by atoms with E-state index in [-0.39, 0.29) is 24.2 Å². The normalized spacial score (nSPS) is 27.6. The zero-order chi connectivity index (χ0) is 23.7. The predicted octanol–water partition coefficient (Wildman–Crippen LogP) is 7.31. The van der Waals surface area contributed by atoms with Crippen LogP contribution in [-0.4, -0.2) is 31.7 Å². The minimum atomic E-state index is -1.61. The molecular formula is C29H36BNO2Si. The molecule has 3 heterocycles. The molecule has 2 aromatic rings. The second-order valence-corrected chi connectivity index (χ2v) is 16.2. The van der Waals surface area contributed by atoms with Crippen molar-refractivity contribution in [3.8, 4) is 11.5 Å². The highest BCUT2D eigenvalue weighted by molar-refractivity contribution is 6.84. The van der Waals surface area contributed by atoms with Crippen LogP contribution in [0.2, 0.25) is 31.3 Å². The Morgan fingerprint density at radius 1 is 0.882 bits per heavy atom. The topological polar surface area (TPSA) is 29.5 Å². The second kappa shape index (κ2) is 9.66. The van der Waals surface area contributed by atoms with Crippen LogP contribution >= 0.6 is 0 Å². The lowest BCUT2D eigenvalue weighted by molar-refractivity contribution is 0.130. The monoisotopic (exact) mass is 469 g/mol. The zero-order valence-electron chi connectivity index (χ0n) is 20.7. The van der Waals surface area contributed by atoms with Gasteiger partial charge in [-0.2, -0.15) is 0 Å². The minimum Gasteiger partial charge on any atom is -0.439 e. The molecule has 3 fully saturated rings. The van der Waals surface area contributed by atoms with E-state index in [2.05, 4.69) is 72.4 Å². The molecule has 0 spiro atoms. The molecular weight excluding hydrogens is 433 g/mol. The number of cyclic esters (lactones) is 1. The molecule has 0 radical (unpaired) electrons. The maximum Gasteiger partial charge on any atom is 0.411 e. The summed E-state index contributed by atoms with van der Waals surface area (Å²) in [5.74, 6) is 4.97. The molecule has 3 saturated heterocycles. The number of fused-ring (bicyclic) bond motifs is 2. The molecule has 2 bridgehead atoms. The molecule has 3 nitrogen and oxygen atoms in total. The van der Waals surface area contributed by atoms with Gasteiger partial charge in [-0.1, -0.05) is 136 Å². The van der Waals surface area contributed by atoms with Gasteiger partial charge in [0, 0.05) is 0 Å². The lowest BCUT2D eigenvalue weighted by Crippen LogP contribution is -2.53. The molecule has 3 aliphatic rings. The number of hydrogen-bond donors (Lipinski definition) is 0. The molecule has 0 aromatic heterocycles. The highest BCUT2D eigenvalue weighted by atomic mass is 28.3. The molecule has 3 atom stereocenters. The van der Waals surface area contributed by atoms with Crippen molar-refractivity contribution in [1.82, 2.24) is 4.90 Å². The van der Waals surface area contributed by atoms with Gasteiger partial charge in [-0.3, -0.25) is 4.90 Å². The van der Waals surface area contributed by atoms with Crippen LogP contribution in [0.1, 0.15) is 61.8 Å². The van der Waals surface area contributed by atoms with E-state index in [1.54, 1.807) is 0 Å². The molecule has 34 heavy (non-hydrogen) atoms. The first-order chi connectivity index (χ1) is 16.4. The van der Waals surface area contributed by atoms with Crippen molar-refractivity contribution in [2.45, 2.75) is 87.9 Å². The Bertz CT molecular complexity index is 1040.